The minimum Gasteiger partial charge on any atom is -0.321 e. The summed E-state index contributed by atoms with van der Waals surface area (Å²) in [4.78, 5) is 30.0. The van der Waals surface area contributed by atoms with Crippen molar-refractivity contribution in [1.82, 2.24) is 10.0 Å². The molecule has 0 aliphatic carbocycles. The highest BCUT2D eigenvalue weighted by Gasteiger charge is 2.19. The van der Waals surface area contributed by atoms with E-state index in [1.807, 2.05) is 32.9 Å². The Morgan fingerprint density at radius 1 is 1.17 bits per heavy atom. The summed E-state index contributed by atoms with van der Waals surface area (Å²) >= 11 is 1.10. The molecule has 2 amide bonds. The van der Waals surface area contributed by atoms with Gasteiger partial charge in [-0.15, -0.1) is 0 Å². The van der Waals surface area contributed by atoms with Crippen LogP contribution in [0.5, 0.6) is 0 Å². The number of aromatic nitrogens is 1. The molecule has 0 aliphatic rings. The van der Waals surface area contributed by atoms with Crippen LogP contribution in [0.1, 0.15) is 39.0 Å². The van der Waals surface area contributed by atoms with Gasteiger partial charge in [-0.3, -0.25) is 20.1 Å². The number of carbonyl (C=O) groups excluding carboxylic acids is 2. The summed E-state index contributed by atoms with van der Waals surface area (Å²) in [6, 6.07) is 4.03. The molecule has 2 aromatic rings. The van der Waals surface area contributed by atoms with E-state index in [1.54, 1.807) is 19.9 Å². The highest BCUT2D eigenvalue weighted by molar-refractivity contribution is 7.17. The number of hydrogen-bond donors (Lipinski definition) is 3. The molecule has 158 valence electrons. The summed E-state index contributed by atoms with van der Waals surface area (Å²) in [5, 5.41) is 16.1. The Morgan fingerprint density at radius 3 is 2.37 bits per heavy atom. The van der Waals surface area contributed by atoms with Gasteiger partial charge in [-0.25, -0.2) is 10.0 Å². The van der Waals surface area contributed by atoms with Gasteiger partial charge in [0.1, 0.15) is 4.88 Å². The van der Waals surface area contributed by atoms with Crippen LogP contribution < -0.4 is 10.6 Å². The van der Waals surface area contributed by atoms with E-state index in [0.29, 0.717) is 21.3 Å². The fraction of sp³-hybridized carbons (Fsp3) is 0.227. The molecule has 0 spiro atoms. The number of hydroxylamine groups is 2. The molecule has 0 aliphatic heterocycles. The van der Waals surface area contributed by atoms with Crippen LogP contribution in [-0.2, 0) is 4.79 Å². The molecule has 1 aromatic carbocycles. The van der Waals surface area contributed by atoms with Crippen LogP contribution in [0.15, 0.2) is 48.8 Å². The van der Waals surface area contributed by atoms with Crippen LogP contribution in [0.4, 0.5) is 10.8 Å². The van der Waals surface area contributed by atoms with Crippen molar-refractivity contribution in [2.75, 3.05) is 10.6 Å². The summed E-state index contributed by atoms with van der Waals surface area (Å²) < 4.78 is 0. The fourth-order valence-electron chi connectivity index (χ4n) is 2.90. The molecule has 1 aromatic heterocycles. The van der Waals surface area contributed by atoms with Crippen molar-refractivity contribution in [2.24, 2.45) is 0 Å². The molecule has 30 heavy (non-hydrogen) atoms. The molecule has 0 atom stereocenters. The lowest BCUT2D eigenvalue weighted by molar-refractivity contribution is -0.112. The normalized spacial score (nSPS) is 11.5. The Kier molecular flexibility index (Phi) is 7.68. The van der Waals surface area contributed by atoms with E-state index in [2.05, 4.69) is 22.2 Å². The number of aryl methyl sites for hydroxylation is 4. The van der Waals surface area contributed by atoms with E-state index in [-0.39, 0.29) is 5.91 Å². The van der Waals surface area contributed by atoms with Crippen molar-refractivity contribution in [3.8, 4) is 0 Å². The van der Waals surface area contributed by atoms with Crippen molar-refractivity contribution in [3.05, 3.63) is 76.1 Å². The monoisotopic (exact) mass is 426 g/mol. The van der Waals surface area contributed by atoms with Crippen molar-refractivity contribution < 1.29 is 14.8 Å². The molecular weight excluding hydrogens is 400 g/mol. The maximum atomic E-state index is 12.8. The molecule has 8 heteroatoms. The molecule has 0 saturated heterocycles. The first-order chi connectivity index (χ1) is 14.2. The Balaban J connectivity index is 2.17. The molecule has 0 bridgehead atoms. The van der Waals surface area contributed by atoms with E-state index in [0.717, 1.165) is 38.8 Å². The van der Waals surface area contributed by atoms with Crippen LogP contribution in [0.3, 0.4) is 0 Å². The lowest BCUT2D eigenvalue weighted by Gasteiger charge is -2.12. The zero-order valence-corrected chi connectivity index (χ0v) is 18.6. The highest BCUT2D eigenvalue weighted by Crippen LogP contribution is 2.27. The summed E-state index contributed by atoms with van der Waals surface area (Å²) in [5.74, 6) is -0.675. The first kappa shape index (κ1) is 23.1. The molecule has 1 heterocycles. The first-order valence-corrected chi connectivity index (χ1v) is 10.1. The van der Waals surface area contributed by atoms with Gasteiger partial charge in [-0.1, -0.05) is 41.7 Å². The minimum absolute atomic E-state index is 0.270. The number of allylic oxidation sites excluding steroid dienone is 1. The van der Waals surface area contributed by atoms with Crippen molar-refractivity contribution in [1.29, 1.82) is 0 Å². The number of anilines is 2. The Labute approximate surface area is 180 Å². The van der Waals surface area contributed by atoms with Gasteiger partial charge in [0.25, 0.3) is 11.8 Å². The fourth-order valence-corrected chi connectivity index (χ4v) is 3.75. The topological polar surface area (TPSA) is 94.6 Å². The largest absolute Gasteiger partial charge is 0.321 e. The second kappa shape index (κ2) is 10.00. The molecule has 7 nitrogen and oxygen atoms in total. The van der Waals surface area contributed by atoms with Crippen LogP contribution in [0, 0.1) is 27.7 Å². The van der Waals surface area contributed by atoms with Crippen molar-refractivity contribution >= 4 is 34.0 Å². The van der Waals surface area contributed by atoms with Crippen LogP contribution in [0.2, 0.25) is 0 Å². The van der Waals surface area contributed by atoms with Gasteiger partial charge in [0.05, 0.1) is 5.69 Å². The molecule has 0 saturated carbocycles. The number of thiazole rings is 1. The Bertz CT molecular complexity index is 1010. The second-order valence-corrected chi connectivity index (χ2v) is 7.74. The standard InChI is InChI=1S/C22H26N4O3S/c1-7-17(9-10-26(29)8-2)20(27)25-22-23-16(6)19(30-22)21(28)24-18-14(4)11-13(3)12-15(18)5/h7-12,29H,2H2,1,3-6H3,(H,24,28)(H,23,25,27)/b10-9-,17-7+. The Morgan fingerprint density at radius 2 is 1.80 bits per heavy atom. The van der Waals surface area contributed by atoms with E-state index in [1.165, 1.54) is 18.5 Å². The first-order valence-electron chi connectivity index (χ1n) is 9.28. The van der Waals surface area contributed by atoms with Crippen LogP contribution in [-0.4, -0.2) is 27.1 Å². The molecule has 0 radical (unpaired) electrons. The number of benzene rings is 1. The average molecular weight is 427 g/mol. The summed E-state index contributed by atoms with van der Waals surface area (Å²) in [6.45, 7) is 12.7. The lowest BCUT2D eigenvalue weighted by atomic mass is 10.1. The predicted molar refractivity (Wildman–Crippen MR) is 121 cm³/mol. The van der Waals surface area contributed by atoms with Gasteiger partial charge in [0, 0.05) is 23.7 Å². The van der Waals surface area contributed by atoms with E-state index in [9.17, 15) is 14.8 Å². The van der Waals surface area contributed by atoms with Crippen molar-refractivity contribution in [3.63, 3.8) is 0 Å². The molecular formula is C22H26N4O3S. The third kappa shape index (κ3) is 5.65. The summed E-state index contributed by atoms with van der Waals surface area (Å²) in [5.41, 5.74) is 4.73. The van der Waals surface area contributed by atoms with Crippen LogP contribution >= 0.6 is 11.3 Å². The van der Waals surface area contributed by atoms with Gasteiger partial charge < -0.3 is 5.32 Å². The van der Waals surface area contributed by atoms with Gasteiger partial charge in [0.15, 0.2) is 5.13 Å². The molecule has 0 unspecified atom stereocenters. The second-order valence-electron chi connectivity index (χ2n) is 6.74. The maximum Gasteiger partial charge on any atom is 0.267 e. The van der Waals surface area contributed by atoms with Gasteiger partial charge >= 0.3 is 0 Å². The van der Waals surface area contributed by atoms with Crippen molar-refractivity contribution in [2.45, 2.75) is 34.6 Å². The number of amides is 2. The number of nitrogens with one attached hydrogen (secondary N) is 2. The predicted octanol–water partition coefficient (Wildman–Crippen LogP) is 4.86. The maximum absolute atomic E-state index is 12.8. The zero-order chi connectivity index (χ0) is 22.4. The smallest absolute Gasteiger partial charge is 0.267 e. The minimum atomic E-state index is -0.405. The summed E-state index contributed by atoms with van der Waals surface area (Å²) in [6.07, 6.45) is 5.52. The van der Waals surface area contributed by atoms with Gasteiger partial charge in [-0.05, 0) is 51.8 Å². The zero-order valence-electron chi connectivity index (χ0n) is 17.7. The summed E-state index contributed by atoms with van der Waals surface area (Å²) in [7, 11) is 0. The van der Waals surface area contributed by atoms with Crippen LogP contribution in [0.25, 0.3) is 0 Å². The number of nitrogens with zero attached hydrogens (tertiary/aromatic N) is 2. The molecule has 0 fully saturated rings. The highest BCUT2D eigenvalue weighted by atomic mass is 32.1. The van der Waals surface area contributed by atoms with E-state index in [4.69, 9.17) is 0 Å². The van der Waals surface area contributed by atoms with Gasteiger partial charge in [-0.2, -0.15) is 0 Å². The van der Waals surface area contributed by atoms with Gasteiger partial charge in [0.2, 0.25) is 0 Å². The average Bonchev–Trinajstić information content (AvgIpc) is 3.04. The quantitative estimate of drug-likeness (QED) is 0.334. The SMILES string of the molecule is C=CN(O)/C=C\C(=C/C)C(=O)Nc1nc(C)c(C(=O)Nc2c(C)cc(C)cc2C)s1. The number of hydrogen-bond acceptors (Lipinski definition) is 6. The molecule has 2 rings (SSSR count). The molecule has 3 N–H and O–H groups in total. The third-order valence-corrected chi connectivity index (χ3v) is 5.38. The third-order valence-electron chi connectivity index (χ3n) is 4.31. The number of rotatable bonds is 7. The number of carbonyl (C=O) groups is 2. The van der Waals surface area contributed by atoms with E-state index >= 15 is 0 Å². The lowest BCUT2D eigenvalue weighted by Crippen LogP contribution is -2.14. The van der Waals surface area contributed by atoms with E-state index < -0.39 is 5.91 Å². The Hall–Kier alpha value is -3.23.